The van der Waals surface area contributed by atoms with E-state index in [4.69, 9.17) is 16.3 Å². The smallest absolute Gasteiger partial charge is 0.217 e. The van der Waals surface area contributed by atoms with Crippen molar-refractivity contribution in [1.29, 1.82) is 0 Å². The molecule has 0 spiro atoms. The zero-order valence-electron chi connectivity index (χ0n) is 12.3. The third-order valence-electron chi connectivity index (χ3n) is 3.66. The van der Waals surface area contributed by atoms with Crippen molar-refractivity contribution in [3.05, 3.63) is 34.9 Å². The van der Waals surface area contributed by atoms with E-state index in [0.29, 0.717) is 24.7 Å². The van der Waals surface area contributed by atoms with Gasteiger partial charge in [-0.25, -0.2) is 8.42 Å². The fourth-order valence-electron chi connectivity index (χ4n) is 2.49. The highest BCUT2D eigenvalue weighted by molar-refractivity contribution is 7.89. The highest BCUT2D eigenvalue weighted by Crippen LogP contribution is 2.30. The molecule has 21 heavy (non-hydrogen) atoms. The van der Waals surface area contributed by atoms with Crippen LogP contribution in [0.25, 0.3) is 0 Å². The van der Waals surface area contributed by atoms with Crippen molar-refractivity contribution in [1.82, 2.24) is 9.62 Å². The maximum Gasteiger partial charge on any atom is 0.217 e. The Morgan fingerprint density at radius 3 is 2.86 bits per heavy atom. The Hall–Kier alpha value is -0.660. The highest BCUT2D eigenvalue weighted by atomic mass is 35.5. The van der Waals surface area contributed by atoms with E-state index >= 15 is 0 Å². The minimum atomic E-state index is -3.40. The predicted octanol–water partition coefficient (Wildman–Crippen LogP) is 1.65. The fraction of sp³-hybridized carbons (Fsp3) is 0.571. The predicted molar refractivity (Wildman–Crippen MR) is 84.0 cm³/mol. The molecule has 2 atom stereocenters. The molecule has 1 saturated heterocycles. The van der Waals surface area contributed by atoms with E-state index in [1.54, 1.807) is 17.3 Å². The molecule has 5 nitrogen and oxygen atoms in total. The van der Waals surface area contributed by atoms with Gasteiger partial charge in [0.1, 0.15) is 0 Å². The van der Waals surface area contributed by atoms with E-state index in [2.05, 4.69) is 5.32 Å². The maximum absolute atomic E-state index is 12.6. The number of nitrogens with zero attached hydrogens (tertiary/aromatic N) is 1. The van der Waals surface area contributed by atoms with E-state index in [0.717, 1.165) is 5.56 Å². The number of methoxy groups -OCH3 is 1. The molecule has 0 aliphatic carbocycles. The summed E-state index contributed by atoms with van der Waals surface area (Å²) in [4.78, 5) is 0. The summed E-state index contributed by atoms with van der Waals surface area (Å²) in [6, 6.07) is 7.10. The summed E-state index contributed by atoms with van der Waals surface area (Å²) < 4.78 is 31.9. The van der Waals surface area contributed by atoms with E-state index in [1.807, 2.05) is 18.2 Å². The van der Waals surface area contributed by atoms with Gasteiger partial charge in [-0.15, -0.1) is 0 Å². The van der Waals surface area contributed by atoms with Gasteiger partial charge in [-0.2, -0.15) is 4.31 Å². The van der Waals surface area contributed by atoms with Gasteiger partial charge in [-0.05, 0) is 18.6 Å². The van der Waals surface area contributed by atoms with Crippen LogP contribution in [0.4, 0.5) is 0 Å². The molecule has 1 aromatic rings. The largest absolute Gasteiger partial charge is 0.381 e. The Morgan fingerprint density at radius 2 is 2.19 bits per heavy atom. The van der Waals surface area contributed by atoms with Gasteiger partial charge in [0.2, 0.25) is 10.0 Å². The lowest BCUT2D eigenvalue weighted by Crippen LogP contribution is -2.50. The normalized spacial score (nSPS) is 22.1. The summed E-state index contributed by atoms with van der Waals surface area (Å²) in [6.45, 7) is 3.39. The van der Waals surface area contributed by atoms with Crippen LogP contribution >= 0.6 is 11.6 Å². The number of hydrogen-bond donors (Lipinski definition) is 1. The number of sulfonamides is 1. The molecule has 1 fully saturated rings. The molecule has 1 aromatic carbocycles. The van der Waals surface area contributed by atoms with Gasteiger partial charge in [-0.3, -0.25) is 0 Å². The second-order valence-electron chi connectivity index (χ2n) is 5.18. The van der Waals surface area contributed by atoms with E-state index in [-0.39, 0.29) is 17.9 Å². The van der Waals surface area contributed by atoms with Gasteiger partial charge in [0, 0.05) is 31.8 Å². The van der Waals surface area contributed by atoms with Gasteiger partial charge in [-0.1, -0.05) is 29.8 Å². The number of nitrogens with one attached hydrogen (secondary N) is 1. The monoisotopic (exact) mass is 332 g/mol. The Bertz CT molecular complexity index is 579. The number of halogens is 1. The second kappa shape index (κ2) is 7.07. The van der Waals surface area contributed by atoms with Crippen molar-refractivity contribution in [2.24, 2.45) is 0 Å². The number of rotatable bonds is 5. The van der Waals surface area contributed by atoms with Crippen molar-refractivity contribution < 1.29 is 13.2 Å². The number of piperazine rings is 1. The molecule has 2 unspecified atom stereocenters. The minimum absolute atomic E-state index is 0.0234. The second-order valence-corrected chi connectivity index (χ2v) is 7.55. The van der Waals surface area contributed by atoms with Gasteiger partial charge < -0.3 is 10.1 Å². The molecule has 1 N–H and O–H groups in total. The molecule has 7 heteroatoms. The summed E-state index contributed by atoms with van der Waals surface area (Å²) in [5, 5.41) is 3.82. The Labute approximate surface area is 131 Å². The average Bonchev–Trinajstić information content (AvgIpc) is 2.47. The van der Waals surface area contributed by atoms with Crippen LogP contribution in [0.3, 0.4) is 0 Å². The molecule has 1 heterocycles. The topological polar surface area (TPSA) is 58.6 Å². The molecule has 0 radical (unpaired) electrons. The Morgan fingerprint density at radius 1 is 1.48 bits per heavy atom. The first kappa shape index (κ1) is 16.7. The van der Waals surface area contributed by atoms with Crippen LogP contribution in [0.1, 0.15) is 18.5 Å². The molecule has 0 amide bonds. The number of ether oxygens (including phenoxy) is 1. The lowest BCUT2D eigenvalue weighted by Gasteiger charge is -2.36. The van der Waals surface area contributed by atoms with Crippen LogP contribution in [0.15, 0.2) is 24.3 Å². The standard InChI is InChI=1S/C14H21ClN2O3S/c1-11(20-2)10-21(18,19)17-8-7-16-9-14(17)12-5-3-4-6-13(12)15/h3-6,11,14,16H,7-10H2,1-2H3. The average molecular weight is 333 g/mol. The van der Waals surface area contributed by atoms with Gasteiger partial charge in [0.25, 0.3) is 0 Å². The zero-order valence-corrected chi connectivity index (χ0v) is 13.8. The molecule has 2 rings (SSSR count). The number of benzene rings is 1. The van der Waals surface area contributed by atoms with Crippen LogP contribution in [0, 0.1) is 0 Å². The van der Waals surface area contributed by atoms with Gasteiger partial charge in [0.15, 0.2) is 0 Å². The summed E-state index contributed by atoms with van der Waals surface area (Å²) in [5.74, 6) is -0.0234. The van der Waals surface area contributed by atoms with Crippen LogP contribution in [0.2, 0.25) is 5.02 Å². The Balaban J connectivity index is 2.30. The summed E-state index contributed by atoms with van der Waals surface area (Å²) in [5.41, 5.74) is 0.833. The quantitative estimate of drug-likeness (QED) is 0.890. The maximum atomic E-state index is 12.6. The van der Waals surface area contributed by atoms with E-state index in [9.17, 15) is 8.42 Å². The van der Waals surface area contributed by atoms with E-state index < -0.39 is 10.0 Å². The van der Waals surface area contributed by atoms with Gasteiger partial charge >= 0.3 is 0 Å². The first-order valence-electron chi connectivity index (χ1n) is 6.93. The zero-order chi connectivity index (χ0) is 15.5. The Kier molecular flexibility index (Phi) is 5.62. The SMILES string of the molecule is COC(C)CS(=O)(=O)N1CCNCC1c1ccccc1Cl. The molecule has 0 saturated carbocycles. The highest BCUT2D eigenvalue weighted by Gasteiger charge is 2.34. The summed E-state index contributed by atoms with van der Waals surface area (Å²) in [6.07, 6.45) is -0.336. The first-order valence-corrected chi connectivity index (χ1v) is 8.92. The van der Waals surface area contributed by atoms with Crippen LogP contribution in [-0.2, 0) is 14.8 Å². The molecule has 1 aliphatic rings. The van der Waals surface area contributed by atoms with Crippen LogP contribution in [-0.4, -0.2) is 51.3 Å². The number of hydrogen-bond acceptors (Lipinski definition) is 4. The summed E-state index contributed by atoms with van der Waals surface area (Å²) in [7, 11) is -1.88. The first-order chi connectivity index (χ1) is 9.95. The molecule has 118 valence electrons. The third-order valence-corrected chi connectivity index (χ3v) is 6.05. The van der Waals surface area contributed by atoms with Gasteiger partial charge in [0.05, 0.1) is 17.9 Å². The minimum Gasteiger partial charge on any atom is -0.381 e. The van der Waals surface area contributed by atoms with Crippen molar-refractivity contribution in [2.75, 3.05) is 32.5 Å². The molecule has 0 aromatic heterocycles. The molecular formula is C14H21ClN2O3S. The molecular weight excluding hydrogens is 312 g/mol. The van der Waals surface area contributed by atoms with Crippen molar-refractivity contribution in [3.63, 3.8) is 0 Å². The third kappa shape index (κ3) is 3.96. The van der Waals surface area contributed by atoms with E-state index in [1.165, 1.54) is 7.11 Å². The van der Waals surface area contributed by atoms with Crippen LogP contribution < -0.4 is 5.32 Å². The molecule has 1 aliphatic heterocycles. The lowest BCUT2D eigenvalue weighted by molar-refractivity contribution is 0.134. The van der Waals surface area contributed by atoms with Crippen LogP contribution in [0.5, 0.6) is 0 Å². The van der Waals surface area contributed by atoms with Crippen molar-refractivity contribution in [3.8, 4) is 0 Å². The summed E-state index contributed by atoms with van der Waals surface area (Å²) >= 11 is 6.23. The molecule has 0 bridgehead atoms. The van der Waals surface area contributed by atoms with Crippen molar-refractivity contribution >= 4 is 21.6 Å². The lowest BCUT2D eigenvalue weighted by atomic mass is 10.1. The van der Waals surface area contributed by atoms with Crippen molar-refractivity contribution in [2.45, 2.75) is 19.1 Å². The fourth-order valence-corrected chi connectivity index (χ4v) is 4.62.